The van der Waals surface area contributed by atoms with Gasteiger partial charge in [0, 0.05) is 33.4 Å². The van der Waals surface area contributed by atoms with E-state index in [2.05, 4.69) is 33.8 Å². The molecule has 1 aliphatic rings. The van der Waals surface area contributed by atoms with Gasteiger partial charge in [-0.25, -0.2) is 0 Å². The molecule has 0 aliphatic heterocycles. The highest BCUT2D eigenvalue weighted by Crippen LogP contribution is 2.40. The molecule has 1 aromatic rings. The van der Waals surface area contributed by atoms with Crippen molar-refractivity contribution in [1.82, 2.24) is 20.4 Å². The molecule has 0 radical (unpaired) electrons. The zero-order chi connectivity index (χ0) is 15.8. The van der Waals surface area contributed by atoms with Crippen LogP contribution in [0.15, 0.2) is 17.4 Å². The van der Waals surface area contributed by atoms with Gasteiger partial charge in [-0.1, -0.05) is 19.8 Å². The van der Waals surface area contributed by atoms with Crippen LogP contribution < -0.4 is 10.6 Å². The fraction of sp³-hybridized carbons (Fsp3) is 0.765. The first-order valence-electron chi connectivity index (χ1n) is 8.59. The summed E-state index contributed by atoms with van der Waals surface area (Å²) in [7, 11) is 3.81. The minimum Gasteiger partial charge on any atom is -0.356 e. The van der Waals surface area contributed by atoms with E-state index < -0.39 is 0 Å². The van der Waals surface area contributed by atoms with E-state index in [0.29, 0.717) is 5.41 Å². The average molecular weight is 305 g/mol. The van der Waals surface area contributed by atoms with Crippen molar-refractivity contribution in [3.8, 4) is 0 Å². The molecule has 1 aliphatic carbocycles. The second-order valence-electron chi connectivity index (χ2n) is 6.54. The number of aliphatic imine (C=N–C) groups is 1. The van der Waals surface area contributed by atoms with Crippen LogP contribution in [0.4, 0.5) is 0 Å². The third kappa shape index (κ3) is 4.75. The number of nitrogens with one attached hydrogen (secondary N) is 2. The Balaban J connectivity index is 1.66. The van der Waals surface area contributed by atoms with Gasteiger partial charge in [0.15, 0.2) is 5.96 Å². The highest BCUT2D eigenvalue weighted by molar-refractivity contribution is 5.79. The fourth-order valence-electron chi connectivity index (χ4n) is 3.37. The van der Waals surface area contributed by atoms with Crippen molar-refractivity contribution in [1.29, 1.82) is 0 Å². The van der Waals surface area contributed by atoms with Gasteiger partial charge in [-0.3, -0.25) is 9.67 Å². The maximum atomic E-state index is 4.34. The quantitative estimate of drug-likeness (QED) is 0.462. The Morgan fingerprint density at radius 2 is 2.14 bits per heavy atom. The number of hydrogen-bond acceptors (Lipinski definition) is 2. The molecule has 1 fully saturated rings. The van der Waals surface area contributed by atoms with Gasteiger partial charge >= 0.3 is 0 Å². The molecule has 0 aromatic carbocycles. The molecule has 0 saturated heterocycles. The molecule has 0 amide bonds. The van der Waals surface area contributed by atoms with Crippen LogP contribution in [-0.4, -0.2) is 35.9 Å². The lowest BCUT2D eigenvalue weighted by atomic mass is 9.83. The highest BCUT2D eigenvalue weighted by atomic mass is 15.2. The fourth-order valence-corrected chi connectivity index (χ4v) is 3.37. The molecular formula is C17H31N5. The van der Waals surface area contributed by atoms with Crippen molar-refractivity contribution in [3.05, 3.63) is 18.0 Å². The maximum Gasteiger partial charge on any atom is 0.190 e. The lowest BCUT2D eigenvalue weighted by Gasteiger charge is -2.28. The van der Waals surface area contributed by atoms with Gasteiger partial charge in [0.05, 0.1) is 6.20 Å². The van der Waals surface area contributed by atoms with Crippen molar-refractivity contribution in [2.24, 2.45) is 17.5 Å². The van der Waals surface area contributed by atoms with E-state index in [1.165, 1.54) is 37.7 Å². The van der Waals surface area contributed by atoms with E-state index in [9.17, 15) is 0 Å². The predicted molar refractivity (Wildman–Crippen MR) is 92.1 cm³/mol. The Morgan fingerprint density at radius 3 is 2.73 bits per heavy atom. The molecule has 2 rings (SSSR count). The average Bonchev–Trinajstić information content (AvgIpc) is 3.16. The third-order valence-electron chi connectivity index (χ3n) is 4.96. The first kappa shape index (κ1) is 16.8. The Kier molecular flexibility index (Phi) is 6.28. The number of guanidine groups is 1. The molecule has 0 spiro atoms. The Morgan fingerprint density at radius 1 is 1.36 bits per heavy atom. The summed E-state index contributed by atoms with van der Waals surface area (Å²) in [6, 6.07) is 0. The smallest absolute Gasteiger partial charge is 0.190 e. The molecule has 0 unspecified atom stereocenters. The molecule has 22 heavy (non-hydrogen) atoms. The van der Waals surface area contributed by atoms with Crippen LogP contribution in [0, 0.1) is 5.41 Å². The molecule has 2 N–H and O–H groups in total. The number of nitrogens with zero attached hydrogens (tertiary/aromatic N) is 3. The van der Waals surface area contributed by atoms with Gasteiger partial charge < -0.3 is 10.6 Å². The van der Waals surface area contributed by atoms with Crippen molar-refractivity contribution in [2.75, 3.05) is 20.1 Å². The zero-order valence-electron chi connectivity index (χ0n) is 14.4. The predicted octanol–water partition coefficient (Wildman–Crippen LogP) is 2.49. The summed E-state index contributed by atoms with van der Waals surface area (Å²) in [4.78, 5) is 4.34. The van der Waals surface area contributed by atoms with Gasteiger partial charge in [0.25, 0.3) is 0 Å². The van der Waals surface area contributed by atoms with E-state index in [1.807, 2.05) is 25.0 Å². The van der Waals surface area contributed by atoms with Crippen molar-refractivity contribution in [2.45, 2.75) is 51.9 Å². The summed E-state index contributed by atoms with van der Waals surface area (Å²) in [6.07, 6.45) is 12.9. The maximum absolute atomic E-state index is 4.34. The second-order valence-corrected chi connectivity index (χ2v) is 6.54. The highest BCUT2D eigenvalue weighted by Gasteiger charge is 2.31. The van der Waals surface area contributed by atoms with Crippen LogP contribution in [0.5, 0.6) is 0 Å². The van der Waals surface area contributed by atoms with E-state index in [4.69, 9.17) is 0 Å². The molecule has 1 aromatic heterocycles. The lowest BCUT2D eigenvalue weighted by Crippen LogP contribution is -2.43. The molecule has 124 valence electrons. The van der Waals surface area contributed by atoms with Crippen molar-refractivity contribution in [3.63, 3.8) is 0 Å². The van der Waals surface area contributed by atoms with Crippen molar-refractivity contribution < 1.29 is 0 Å². The molecule has 1 heterocycles. The largest absolute Gasteiger partial charge is 0.356 e. The van der Waals surface area contributed by atoms with Crippen LogP contribution in [0.1, 0.15) is 51.0 Å². The monoisotopic (exact) mass is 305 g/mol. The van der Waals surface area contributed by atoms with Crippen LogP contribution in [0.3, 0.4) is 0 Å². The van der Waals surface area contributed by atoms with Crippen molar-refractivity contribution >= 4 is 5.96 Å². The SMILES string of the molecule is CCC1(CNC(=NC)NCCCc2cnn(C)c2)CCCC1. The van der Waals surface area contributed by atoms with Crippen LogP contribution >= 0.6 is 0 Å². The standard InChI is InChI=1S/C17H31N5/c1-4-17(9-5-6-10-17)14-20-16(18-2)19-11-7-8-15-12-21-22(3)13-15/h12-13H,4-11,14H2,1-3H3,(H2,18,19,20). The van der Waals surface area contributed by atoms with Gasteiger partial charge in [-0.05, 0) is 43.1 Å². The van der Waals surface area contributed by atoms with Crippen LogP contribution in [0.25, 0.3) is 0 Å². The third-order valence-corrected chi connectivity index (χ3v) is 4.96. The van der Waals surface area contributed by atoms with E-state index in [1.54, 1.807) is 0 Å². The van der Waals surface area contributed by atoms with E-state index in [0.717, 1.165) is 31.9 Å². The van der Waals surface area contributed by atoms with E-state index >= 15 is 0 Å². The van der Waals surface area contributed by atoms with E-state index in [-0.39, 0.29) is 0 Å². The van der Waals surface area contributed by atoms with Gasteiger partial charge in [-0.15, -0.1) is 0 Å². The normalized spacial score (nSPS) is 17.7. The first-order chi connectivity index (χ1) is 10.7. The zero-order valence-corrected chi connectivity index (χ0v) is 14.4. The Hall–Kier alpha value is -1.52. The van der Waals surface area contributed by atoms with Gasteiger partial charge in [0.2, 0.25) is 0 Å². The van der Waals surface area contributed by atoms with Crippen LogP contribution in [-0.2, 0) is 13.5 Å². The lowest BCUT2D eigenvalue weighted by molar-refractivity contribution is 0.283. The summed E-state index contributed by atoms with van der Waals surface area (Å²) in [5.74, 6) is 0.936. The second kappa shape index (κ2) is 8.20. The number of hydrogen-bond donors (Lipinski definition) is 2. The summed E-state index contributed by atoms with van der Waals surface area (Å²) >= 11 is 0. The molecule has 0 bridgehead atoms. The summed E-state index contributed by atoms with van der Waals surface area (Å²) in [5.41, 5.74) is 1.79. The summed E-state index contributed by atoms with van der Waals surface area (Å²) in [6.45, 7) is 4.30. The first-order valence-corrected chi connectivity index (χ1v) is 8.59. The minimum atomic E-state index is 0.493. The molecule has 5 heteroatoms. The topological polar surface area (TPSA) is 54.2 Å². The molecule has 1 saturated carbocycles. The minimum absolute atomic E-state index is 0.493. The summed E-state index contributed by atoms with van der Waals surface area (Å²) < 4.78 is 1.86. The molecule has 5 nitrogen and oxygen atoms in total. The Labute approximate surface area is 134 Å². The molecule has 0 atom stereocenters. The summed E-state index contributed by atoms with van der Waals surface area (Å²) in [5, 5.41) is 11.1. The number of aromatic nitrogens is 2. The number of aryl methyl sites for hydroxylation is 2. The van der Waals surface area contributed by atoms with Crippen LogP contribution in [0.2, 0.25) is 0 Å². The molecular weight excluding hydrogens is 274 g/mol. The Bertz CT molecular complexity index is 471. The van der Waals surface area contributed by atoms with Gasteiger partial charge in [-0.2, -0.15) is 5.10 Å². The van der Waals surface area contributed by atoms with Gasteiger partial charge in [0.1, 0.15) is 0 Å². The number of rotatable bonds is 7.